The molecule has 18 heavy (non-hydrogen) atoms. The molecule has 1 aromatic heterocycles. The van der Waals surface area contributed by atoms with Gasteiger partial charge in [0.15, 0.2) is 5.58 Å². The number of nitrogens with two attached hydrogens (primary N) is 1. The molecule has 0 fully saturated rings. The number of halogens is 1. The van der Waals surface area contributed by atoms with E-state index < -0.39 is 0 Å². The molecule has 90 valence electrons. The molecule has 0 bridgehead atoms. The molecule has 4 heteroatoms. The minimum atomic E-state index is 0.579. The summed E-state index contributed by atoms with van der Waals surface area (Å²) in [6, 6.07) is 11.1. The highest BCUT2D eigenvalue weighted by molar-refractivity contribution is 6.31. The number of nitrogens with zero attached hydrogens (tertiary/aromatic N) is 1. The summed E-state index contributed by atoms with van der Waals surface area (Å²) in [6.07, 6.45) is 0. The molecule has 0 aliphatic heterocycles. The molecule has 2 N–H and O–H groups in total. The lowest BCUT2D eigenvalue weighted by Crippen LogP contribution is -1.89. The van der Waals surface area contributed by atoms with E-state index in [4.69, 9.17) is 21.8 Å². The Morgan fingerprint density at radius 3 is 2.78 bits per heavy atom. The van der Waals surface area contributed by atoms with Crippen LogP contribution in [0.5, 0.6) is 0 Å². The summed E-state index contributed by atoms with van der Waals surface area (Å²) < 4.78 is 5.69. The van der Waals surface area contributed by atoms with Crippen LogP contribution in [0.15, 0.2) is 40.8 Å². The van der Waals surface area contributed by atoms with Gasteiger partial charge in [-0.2, -0.15) is 0 Å². The van der Waals surface area contributed by atoms with Gasteiger partial charge in [0.25, 0.3) is 0 Å². The second-order valence-corrected chi connectivity index (χ2v) is 4.64. The molecule has 3 nitrogen and oxygen atoms in total. The minimum Gasteiger partial charge on any atom is -0.436 e. The summed E-state index contributed by atoms with van der Waals surface area (Å²) in [5, 5.41) is 0.649. The molecule has 3 aromatic rings. The van der Waals surface area contributed by atoms with Crippen LogP contribution >= 0.6 is 11.6 Å². The fraction of sp³-hybridized carbons (Fsp3) is 0.0714. The first-order valence-electron chi connectivity index (χ1n) is 5.56. The molecular weight excluding hydrogens is 248 g/mol. The number of anilines is 1. The Morgan fingerprint density at radius 2 is 2.00 bits per heavy atom. The van der Waals surface area contributed by atoms with E-state index in [1.165, 1.54) is 0 Å². The van der Waals surface area contributed by atoms with Gasteiger partial charge in [-0.15, -0.1) is 0 Å². The number of aromatic nitrogens is 1. The predicted molar refractivity (Wildman–Crippen MR) is 73.6 cm³/mol. The maximum atomic E-state index is 5.92. The van der Waals surface area contributed by atoms with Crippen LogP contribution in [0.2, 0.25) is 5.02 Å². The number of oxazole rings is 1. The lowest BCUT2D eigenvalue weighted by Gasteiger charge is -2.00. The van der Waals surface area contributed by atoms with Crippen molar-refractivity contribution in [3.63, 3.8) is 0 Å². The van der Waals surface area contributed by atoms with Crippen molar-refractivity contribution in [3.8, 4) is 11.5 Å². The van der Waals surface area contributed by atoms with Crippen molar-refractivity contribution in [2.45, 2.75) is 6.92 Å². The van der Waals surface area contributed by atoms with E-state index in [-0.39, 0.29) is 0 Å². The molecule has 0 aliphatic rings. The SMILES string of the molecule is Cc1cc(-c2nc3cc(Cl)ccc3o2)ccc1N. The molecule has 0 aliphatic carbocycles. The molecule has 2 aromatic carbocycles. The van der Waals surface area contributed by atoms with E-state index in [1.54, 1.807) is 12.1 Å². The first-order valence-corrected chi connectivity index (χ1v) is 5.94. The second kappa shape index (κ2) is 4.03. The Kier molecular flexibility index (Phi) is 2.49. The first kappa shape index (κ1) is 11.1. The van der Waals surface area contributed by atoms with Crippen LogP contribution in [-0.2, 0) is 0 Å². The number of hydrogen-bond donors (Lipinski definition) is 1. The highest BCUT2D eigenvalue weighted by Crippen LogP contribution is 2.27. The van der Waals surface area contributed by atoms with Crippen LogP contribution in [0.25, 0.3) is 22.6 Å². The smallest absolute Gasteiger partial charge is 0.227 e. The lowest BCUT2D eigenvalue weighted by atomic mass is 10.1. The van der Waals surface area contributed by atoms with Crippen LogP contribution in [0.3, 0.4) is 0 Å². The Morgan fingerprint density at radius 1 is 1.17 bits per heavy atom. The highest BCUT2D eigenvalue weighted by Gasteiger charge is 2.09. The van der Waals surface area contributed by atoms with Gasteiger partial charge in [0, 0.05) is 16.3 Å². The Balaban J connectivity index is 2.16. The van der Waals surface area contributed by atoms with Crippen LogP contribution in [0.4, 0.5) is 5.69 Å². The summed E-state index contributed by atoms with van der Waals surface area (Å²) in [6.45, 7) is 1.96. The molecule has 0 atom stereocenters. The van der Waals surface area contributed by atoms with Crippen molar-refractivity contribution in [1.82, 2.24) is 4.98 Å². The highest BCUT2D eigenvalue weighted by atomic mass is 35.5. The third kappa shape index (κ3) is 1.83. The summed E-state index contributed by atoms with van der Waals surface area (Å²) in [7, 11) is 0. The number of benzene rings is 2. The number of fused-ring (bicyclic) bond motifs is 1. The van der Waals surface area contributed by atoms with Crippen LogP contribution in [-0.4, -0.2) is 4.98 Å². The van der Waals surface area contributed by atoms with Crippen molar-refractivity contribution in [3.05, 3.63) is 47.0 Å². The van der Waals surface area contributed by atoms with Gasteiger partial charge >= 0.3 is 0 Å². The van der Waals surface area contributed by atoms with E-state index in [9.17, 15) is 0 Å². The molecule has 0 unspecified atom stereocenters. The summed E-state index contributed by atoms with van der Waals surface area (Å²) >= 11 is 5.92. The average Bonchev–Trinajstić information content (AvgIpc) is 2.75. The molecule has 0 spiro atoms. The summed E-state index contributed by atoms with van der Waals surface area (Å²) in [4.78, 5) is 4.42. The van der Waals surface area contributed by atoms with E-state index in [2.05, 4.69) is 4.98 Å². The lowest BCUT2D eigenvalue weighted by molar-refractivity contribution is 0.620. The summed E-state index contributed by atoms with van der Waals surface area (Å²) in [5.41, 5.74) is 9.96. The number of hydrogen-bond acceptors (Lipinski definition) is 3. The molecule has 0 saturated carbocycles. The molecular formula is C14H11ClN2O. The number of aryl methyl sites for hydroxylation is 1. The monoisotopic (exact) mass is 258 g/mol. The van der Waals surface area contributed by atoms with Crippen LogP contribution < -0.4 is 5.73 Å². The molecule has 3 rings (SSSR count). The summed E-state index contributed by atoms with van der Waals surface area (Å²) in [5.74, 6) is 0.579. The van der Waals surface area contributed by atoms with Crippen molar-refractivity contribution < 1.29 is 4.42 Å². The topological polar surface area (TPSA) is 52.0 Å². The first-order chi connectivity index (χ1) is 8.63. The Hall–Kier alpha value is -2.00. The molecule has 1 heterocycles. The quantitative estimate of drug-likeness (QED) is 0.670. The fourth-order valence-electron chi connectivity index (χ4n) is 1.83. The molecule has 0 amide bonds. The van der Waals surface area contributed by atoms with Crippen molar-refractivity contribution in [2.75, 3.05) is 5.73 Å². The van der Waals surface area contributed by atoms with E-state index in [0.29, 0.717) is 10.9 Å². The predicted octanol–water partition coefficient (Wildman–Crippen LogP) is 4.04. The van der Waals surface area contributed by atoms with E-state index >= 15 is 0 Å². The van der Waals surface area contributed by atoms with Crippen molar-refractivity contribution >= 4 is 28.4 Å². The van der Waals surface area contributed by atoms with Gasteiger partial charge in [-0.3, -0.25) is 0 Å². The maximum absolute atomic E-state index is 5.92. The minimum absolute atomic E-state index is 0.579. The van der Waals surface area contributed by atoms with Crippen molar-refractivity contribution in [1.29, 1.82) is 0 Å². The van der Waals surface area contributed by atoms with Crippen LogP contribution in [0, 0.1) is 6.92 Å². The van der Waals surface area contributed by atoms with Crippen LogP contribution in [0.1, 0.15) is 5.56 Å². The van der Waals surface area contributed by atoms with Gasteiger partial charge in [-0.1, -0.05) is 11.6 Å². The van der Waals surface area contributed by atoms with Gasteiger partial charge in [0.2, 0.25) is 5.89 Å². The number of rotatable bonds is 1. The fourth-order valence-corrected chi connectivity index (χ4v) is 2.00. The van der Waals surface area contributed by atoms with Gasteiger partial charge in [-0.25, -0.2) is 4.98 Å². The average molecular weight is 259 g/mol. The van der Waals surface area contributed by atoms with Gasteiger partial charge < -0.3 is 10.2 Å². The van der Waals surface area contributed by atoms with Gasteiger partial charge in [0.1, 0.15) is 5.52 Å². The zero-order valence-corrected chi connectivity index (χ0v) is 10.5. The third-order valence-electron chi connectivity index (χ3n) is 2.87. The van der Waals surface area contributed by atoms with E-state index in [1.807, 2.05) is 31.2 Å². The Bertz CT molecular complexity index is 734. The number of nitrogen functional groups attached to an aromatic ring is 1. The largest absolute Gasteiger partial charge is 0.436 e. The van der Waals surface area contributed by atoms with Gasteiger partial charge in [-0.05, 0) is 48.9 Å². The zero-order valence-electron chi connectivity index (χ0n) is 9.77. The van der Waals surface area contributed by atoms with E-state index in [0.717, 1.165) is 27.9 Å². The second-order valence-electron chi connectivity index (χ2n) is 4.20. The van der Waals surface area contributed by atoms with Gasteiger partial charge in [0.05, 0.1) is 0 Å². The normalized spacial score (nSPS) is 11.0. The Labute approximate surface area is 109 Å². The maximum Gasteiger partial charge on any atom is 0.227 e. The molecule has 0 saturated heterocycles. The standard InChI is InChI=1S/C14H11ClN2O/c1-8-6-9(2-4-11(8)16)14-17-12-7-10(15)3-5-13(12)18-14/h2-7H,16H2,1H3. The van der Waals surface area contributed by atoms with Crippen molar-refractivity contribution in [2.24, 2.45) is 0 Å². The third-order valence-corrected chi connectivity index (χ3v) is 3.10. The zero-order chi connectivity index (χ0) is 12.7. The molecule has 0 radical (unpaired) electrons.